The third-order valence-corrected chi connectivity index (χ3v) is 5.64. The molecule has 0 aliphatic rings. The highest BCUT2D eigenvalue weighted by Gasteiger charge is 2.31. The zero-order chi connectivity index (χ0) is 30.4. The number of aliphatic imine (C=N–C) groups is 1. The average molecular weight is 566 g/mol. The number of nitrogens with two attached hydrogens (primary N) is 3. The summed E-state index contributed by atoms with van der Waals surface area (Å²) < 4.78 is 0. The lowest BCUT2D eigenvalue weighted by Gasteiger charge is -2.25. The molecule has 40 heavy (non-hydrogen) atoms. The summed E-state index contributed by atoms with van der Waals surface area (Å²) in [6, 6.07) is 0.742. The van der Waals surface area contributed by atoms with Crippen molar-refractivity contribution in [3.63, 3.8) is 0 Å². The molecule has 0 saturated heterocycles. The number of rotatable bonds is 17. The first-order valence-corrected chi connectivity index (χ1v) is 12.6. The summed E-state index contributed by atoms with van der Waals surface area (Å²) in [4.78, 5) is 65.5. The molecule has 1 aromatic carbocycles. The van der Waals surface area contributed by atoms with Gasteiger partial charge in [0.25, 0.3) is 0 Å². The van der Waals surface area contributed by atoms with Crippen LogP contribution in [0.2, 0.25) is 0 Å². The van der Waals surface area contributed by atoms with E-state index < -0.39 is 60.2 Å². The number of nitrogens with zero attached hydrogens (tertiary/aromatic N) is 1. The topological polar surface area (TPSA) is 273 Å². The van der Waals surface area contributed by atoms with Crippen LogP contribution in [0.15, 0.2) is 29.3 Å². The first-order valence-electron chi connectivity index (χ1n) is 12.6. The molecule has 15 heteroatoms. The summed E-state index contributed by atoms with van der Waals surface area (Å²) in [5, 5.41) is 35.3. The van der Waals surface area contributed by atoms with Crippen molar-refractivity contribution in [3.05, 3.63) is 29.8 Å². The molecule has 0 aliphatic carbocycles. The number of phenols is 1. The van der Waals surface area contributed by atoms with Crippen LogP contribution in [0, 0.1) is 5.92 Å². The van der Waals surface area contributed by atoms with E-state index in [4.69, 9.17) is 17.2 Å². The molecule has 0 aliphatic heterocycles. The second-order valence-electron chi connectivity index (χ2n) is 9.68. The number of hydrogen-bond donors (Lipinski definition) is 9. The minimum Gasteiger partial charge on any atom is -0.508 e. The summed E-state index contributed by atoms with van der Waals surface area (Å²) in [6.07, 6.45) is -0.371. The monoisotopic (exact) mass is 565 g/mol. The van der Waals surface area contributed by atoms with E-state index in [1.807, 2.05) is 0 Å². The van der Waals surface area contributed by atoms with Gasteiger partial charge < -0.3 is 48.5 Å². The lowest BCUT2D eigenvalue weighted by atomic mass is 10.0. The molecule has 0 bridgehead atoms. The summed E-state index contributed by atoms with van der Waals surface area (Å²) >= 11 is 0. The molecule has 0 saturated carbocycles. The van der Waals surface area contributed by atoms with E-state index in [-0.39, 0.29) is 49.9 Å². The Morgan fingerprint density at radius 1 is 0.875 bits per heavy atom. The van der Waals surface area contributed by atoms with Crippen LogP contribution in [0.25, 0.3) is 0 Å². The molecule has 0 heterocycles. The molecule has 222 valence electrons. The van der Waals surface area contributed by atoms with Gasteiger partial charge in [-0.15, -0.1) is 0 Å². The fourth-order valence-electron chi connectivity index (χ4n) is 3.65. The van der Waals surface area contributed by atoms with Gasteiger partial charge in [-0.05, 0) is 49.3 Å². The van der Waals surface area contributed by atoms with E-state index in [9.17, 15) is 39.3 Å². The fourth-order valence-corrected chi connectivity index (χ4v) is 3.65. The Hall–Kier alpha value is -4.40. The molecule has 1 rings (SSSR count). The van der Waals surface area contributed by atoms with Crippen LogP contribution in [0.1, 0.15) is 45.1 Å². The van der Waals surface area contributed by atoms with Crippen molar-refractivity contribution in [1.82, 2.24) is 16.0 Å². The zero-order valence-corrected chi connectivity index (χ0v) is 22.5. The largest absolute Gasteiger partial charge is 0.508 e. The third-order valence-electron chi connectivity index (χ3n) is 5.64. The highest BCUT2D eigenvalue weighted by molar-refractivity contribution is 5.95. The number of nitrogens with one attached hydrogen (secondary N) is 3. The van der Waals surface area contributed by atoms with Crippen LogP contribution in [-0.2, 0) is 30.4 Å². The number of aromatic hydroxyl groups is 1. The minimum absolute atomic E-state index is 0.0107. The van der Waals surface area contributed by atoms with Crippen molar-refractivity contribution >= 4 is 35.6 Å². The van der Waals surface area contributed by atoms with E-state index in [1.165, 1.54) is 12.1 Å². The normalized spacial score (nSPS) is 13.8. The van der Waals surface area contributed by atoms with Crippen LogP contribution >= 0.6 is 0 Å². The van der Waals surface area contributed by atoms with Crippen molar-refractivity contribution in [2.45, 2.75) is 70.1 Å². The van der Waals surface area contributed by atoms with Gasteiger partial charge in [-0.1, -0.05) is 26.0 Å². The Kier molecular flexibility index (Phi) is 13.9. The van der Waals surface area contributed by atoms with Crippen LogP contribution in [-0.4, -0.2) is 81.7 Å². The van der Waals surface area contributed by atoms with Crippen molar-refractivity contribution in [1.29, 1.82) is 0 Å². The molecule has 0 spiro atoms. The Labute approximate surface area is 231 Å². The Morgan fingerprint density at radius 2 is 1.43 bits per heavy atom. The van der Waals surface area contributed by atoms with E-state index in [0.717, 1.165) is 0 Å². The molecule has 0 radical (unpaired) electrons. The number of hydrogen-bond acceptors (Lipinski definition) is 8. The number of guanidine groups is 1. The Bertz CT molecular complexity index is 1060. The molecule has 4 unspecified atom stereocenters. The second-order valence-corrected chi connectivity index (χ2v) is 9.68. The average Bonchev–Trinajstić information content (AvgIpc) is 2.85. The summed E-state index contributed by atoms with van der Waals surface area (Å²) in [7, 11) is 0. The van der Waals surface area contributed by atoms with Gasteiger partial charge in [0.1, 0.15) is 23.9 Å². The number of phenolic OH excluding ortho intramolecular Hbond substituents is 1. The van der Waals surface area contributed by atoms with Crippen molar-refractivity contribution in [2.24, 2.45) is 28.1 Å². The lowest BCUT2D eigenvalue weighted by Crippen LogP contribution is -2.57. The summed E-state index contributed by atoms with van der Waals surface area (Å²) in [5.41, 5.74) is 17.1. The first-order chi connectivity index (χ1) is 18.7. The summed E-state index contributed by atoms with van der Waals surface area (Å²) in [6.45, 7) is 3.70. The van der Waals surface area contributed by atoms with Crippen LogP contribution in [0.5, 0.6) is 5.75 Å². The molecular formula is C25H39N7O8. The number of carbonyl (C=O) groups is 5. The van der Waals surface area contributed by atoms with Gasteiger partial charge in [-0.2, -0.15) is 0 Å². The fraction of sp³-hybridized carbons (Fsp3) is 0.520. The number of amides is 3. The smallest absolute Gasteiger partial charge is 0.326 e. The molecular weight excluding hydrogens is 526 g/mol. The first kappa shape index (κ1) is 33.6. The van der Waals surface area contributed by atoms with Gasteiger partial charge in [0.2, 0.25) is 17.7 Å². The van der Waals surface area contributed by atoms with E-state index in [0.29, 0.717) is 5.56 Å². The number of carboxylic acid groups (broad SMARTS) is 2. The van der Waals surface area contributed by atoms with Gasteiger partial charge in [-0.3, -0.25) is 24.2 Å². The lowest BCUT2D eigenvalue weighted by molar-refractivity contribution is -0.143. The second kappa shape index (κ2) is 16.5. The number of carbonyl (C=O) groups excluding carboxylic acids is 3. The molecule has 3 amide bonds. The summed E-state index contributed by atoms with van der Waals surface area (Å²) in [5.74, 6) is -5.47. The third kappa shape index (κ3) is 12.9. The molecule has 1 aromatic rings. The number of benzene rings is 1. The van der Waals surface area contributed by atoms with Gasteiger partial charge in [0.15, 0.2) is 5.96 Å². The molecule has 4 atom stereocenters. The highest BCUT2D eigenvalue weighted by atomic mass is 16.4. The van der Waals surface area contributed by atoms with Crippen molar-refractivity contribution in [3.8, 4) is 5.75 Å². The number of carboxylic acids is 2. The molecule has 15 nitrogen and oxygen atoms in total. The maximum absolute atomic E-state index is 13.0. The number of aliphatic carboxylic acids is 2. The SMILES string of the molecule is CC(C)CC(NC(=O)C(CC(=O)O)NC(=O)C(N)Cc1ccc(O)cc1)C(=O)NC(CCCN=C(N)N)C(=O)O. The van der Waals surface area contributed by atoms with Crippen LogP contribution in [0.4, 0.5) is 0 Å². The van der Waals surface area contributed by atoms with Crippen molar-refractivity contribution < 1.29 is 39.3 Å². The predicted molar refractivity (Wildman–Crippen MR) is 145 cm³/mol. The highest BCUT2D eigenvalue weighted by Crippen LogP contribution is 2.12. The van der Waals surface area contributed by atoms with Gasteiger partial charge in [0, 0.05) is 6.54 Å². The van der Waals surface area contributed by atoms with E-state index >= 15 is 0 Å². The van der Waals surface area contributed by atoms with E-state index in [1.54, 1.807) is 26.0 Å². The maximum atomic E-state index is 13.0. The van der Waals surface area contributed by atoms with Crippen molar-refractivity contribution in [2.75, 3.05) is 6.54 Å². The zero-order valence-electron chi connectivity index (χ0n) is 22.5. The predicted octanol–water partition coefficient (Wildman–Crippen LogP) is -1.62. The van der Waals surface area contributed by atoms with Gasteiger partial charge in [0.05, 0.1) is 12.5 Å². The molecule has 0 aromatic heterocycles. The molecule has 12 N–H and O–H groups in total. The van der Waals surface area contributed by atoms with E-state index in [2.05, 4.69) is 20.9 Å². The quantitative estimate of drug-likeness (QED) is 0.0587. The van der Waals surface area contributed by atoms with Crippen LogP contribution < -0.4 is 33.2 Å². The molecule has 0 fully saturated rings. The Balaban J connectivity index is 2.95. The standard InChI is InChI=1S/C25H39N7O8/c1-13(2)10-18(22(37)30-17(24(39)40)4-3-9-29-25(27)28)32-23(38)19(12-20(34)35)31-21(36)16(26)11-14-5-7-15(33)8-6-14/h5-8,13,16-19,33H,3-4,9-12,26H2,1-2H3,(H,30,37)(H,31,36)(H,32,38)(H,34,35)(H,39,40)(H4,27,28,29). The minimum atomic E-state index is -1.56. The van der Waals surface area contributed by atoms with Gasteiger partial charge >= 0.3 is 11.9 Å². The maximum Gasteiger partial charge on any atom is 0.326 e. The van der Waals surface area contributed by atoms with Gasteiger partial charge in [-0.25, -0.2) is 4.79 Å². The Morgan fingerprint density at radius 3 is 1.95 bits per heavy atom. The van der Waals surface area contributed by atoms with Crippen LogP contribution in [0.3, 0.4) is 0 Å².